The molecule has 0 bridgehead atoms. The van der Waals surface area contributed by atoms with Gasteiger partial charge in [0, 0.05) is 57.8 Å². The van der Waals surface area contributed by atoms with E-state index in [1.807, 2.05) is 72.8 Å². The standard InChI is InChI=1S/C35H36Cl2N6O2/c1-44-24-6-10-30-28(20-24)34(26-8-4-22(36)18-32(26)42-30)40-16-14-38-12-3-13-39-15-17-41-35-27-9-5-23(37)19-33(27)43-31-11-7-25(45-2)21-29(31)35/h4-11,18-21,38-39H,3,12-17H2,1-2H3,(H,40,42)(H,41,43). The van der Waals surface area contributed by atoms with Crippen LogP contribution in [0.5, 0.6) is 11.5 Å². The molecule has 2 heterocycles. The molecular formula is C35H36Cl2N6O2. The average molecular weight is 644 g/mol. The van der Waals surface area contributed by atoms with Gasteiger partial charge in [-0.3, -0.25) is 0 Å². The zero-order valence-corrected chi connectivity index (χ0v) is 26.9. The zero-order valence-electron chi connectivity index (χ0n) is 25.3. The Labute approximate surface area is 272 Å². The van der Waals surface area contributed by atoms with Gasteiger partial charge in [0.1, 0.15) is 11.5 Å². The second kappa shape index (κ2) is 14.3. The Kier molecular flexibility index (Phi) is 9.86. The number of nitrogens with one attached hydrogen (secondary N) is 4. The SMILES string of the molecule is COc1ccc2nc3cc(Cl)ccc3c(NCCNCCCNCCNc3c4ccc(Cl)cc4nc4ccc(OC)cc34)c2c1. The second-order valence-electron chi connectivity index (χ2n) is 10.8. The third-order valence-corrected chi connectivity index (χ3v) is 8.27. The molecule has 0 saturated heterocycles. The van der Waals surface area contributed by atoms with E-state index in [1.165, 1.54) is 0 Å². The number of halogens is 2. The first-order chi connectivity index (χ1) is 22.0. The fraction of sp³-hybridized carbons (Fsp3) is 0.257. The molecule has 6 aromatic rings. The predicted molar refractivity (Wildman–Crippen MR) is 189 cm³/mol. The van der Waals surface area contributed by atoms with Crippen molar-refractivity contribution in [2.45, 2.75) is 6.42 Å². The zero-order chi connectivity index (χ0) is 31.2. The molecule has 4 aromatic carbocycles. The lowest BCUT2D eigenvalue weighted by molar-refractivity contribution is 0.415. The number of methoxy groups -OCH3 is 2. The first-order valence-electron chi connectivity index (χ1n) is 15.1. The minimum atomic E-state index is 0.672. The van der Waals surface area contributed by atoms with Crippen molar-refractivity contribution in [1.29, 1.82) is 0 Å². The lowest BCUT2D eigenvalue weighted by atomic mass is 10.1. The predicted octanol–water partition coefficient (Wildman–Crippen LogP) is 7.51. The summed E-state index contributed by atoms with van der Waals surface area (Å²) in [5.41, 5.74) is 5.61. The molecule has 10 heteroatoms. The maximum atomic E-state index is 6.26. The number of pyridine rings is 2. The fourth-order valence-corrected chi connectivity index (χ4v) is 5.90. The first kappa shape index (κ1) is 30.9. The molecule has 45 heavy (non-hydrogen) atoms. The van der Waals surface area contributed by atoms with Crippen molar-refractivity contribution >= 4 is 78.2 Å². The van der Waals surface area contributed by atoms with E-state index in [0.717, 1.165) is 112 Å². The van der Waals surface area contributed by atoms with Gasteiger partial charge in [0.25, 0.3) is 0 Å². The Balaban J connectivity index is 0.974. The van der Waals surface area contributed by atoms with Crippen LogP contribution in [0.4, 0.5) is 11.4 Å². The average Bonchev–Trinajstić information content (AvgIpc) is 3.05. The highest BCUT2D eigenvalue weighted by molar-refractivity contribution is 6.32. The molecule has 6 rings (SSSR count). The van der Waals surface area contributed by atoms with Crippen molar-refractivity contribution in [3.05, 3.63) is 82.8 Å². The third kappa shape index (κ3) is 7.10. The van der Waals surface area contributed by atoms with Crippen LogP contribution in [0.2, 0.25) is 10.0 Å². The molecule has 0 unspecified atom stereocenters. The Bertz CT molecular complexity index is 1830. The molecule has 0 amide bonds. The monoisotopic (exact) mass is 642 g/mol. The smallest absolute Gasteiger partial charge is 0.119 e. The van der Waals surface area contributed by atoms with E-state index in [2.05, 4.69) is 21.3 Å². The van der Waals surface area contributed by atoms with Crippen molar-refractivity contribution in [2.75, 3.05) is 64.1 Å². The van der Waals surface area contributed by atoms with Gasteiger partial charge in [-0.05, 0) is 92.3 Å². The van der Waals surface area contributed by atoms with Gasteiger partial charge >= 0.3 is 0 Å². The molecule has 0 fully saturated rings. The number of anilines is 2. The lowest BCUT2D eigenvalue weighted by Gasteiger charge is -2.15. The summed E-state index contributed by atoms with van der Waals surface area (Å²) in [4.78, 5) is 9.62. The van der Waals surface area contributed by atoms with Crippen LogP contribution in [0.1, 0.15) is 6.42 Å². The Hall–Kier alpha value is -4.08. The van der Waals surface area contributed by atoms with E-state index in [4.69, 9.17) is 42.6 Å². The topological polar surface area (TPSA) is 92.4 Å². The van der Waals surface area contributed by atoms with Gasteiger partial charge in [-0.1, -0.05) is 23.2 Å². The van der Waals surface area contributed by atoms with Crippen molar-refractivity contribution in [3.63, 3.8) is 0 Å². The largest absolute Gasteiger partial charge is 0.497 e. The summed E-state index contributed by atoms with van der Waals surface area (Å²) in [5.74, 6) is 1.60. The number of rotatable bonds is 14. The molecule has 0 aliphatic heterocycles. The van der Waals surface area contributed by atoms with Crippen LogP contribution >= 0.6 is 23.2 Å². The van der Waals surface area contributed by atoms with E-state index in [1.54, 1.807) is 14.2 Å². The lowest BCUT2D eigenvalue weighted by Crippen LogP contribution is -2.28. The Morgan fingerprint density at radius 3 is 1.42 bits per heavy atom. The van der Waals surface area contributed by atoms with Crippen LogP contribution in [0, 0.1) is 0 Å². The van der Waals surface area contributed by atoms with Gasteiger partial charge in [0.05, 0.1) is 47.7 Å². The van der Waals surface area contributed by atoms with Crippen LogP contribution in [0.3, 0.4) is 0 Å². The summed E-state index contributed by atoms with van der Waals surface area (Å²) in [7, 11) is 3.35. The highest BCUT2D eigenvalue weighted by Crippen LogP contribution is 2.35. The number of ether oxygens (including phenoxy) is 2. The van der Waals surface area contributed by atoms with Crippen molar-refractivity contribution < 1.29 is 9.47 Å². The molecule has 0 saturated carbocycles. The number of fused-ring (bicyclic) bond motifs is 4. The number of nitrogens with zero attached hydrogens (tertiary/aromatic N) is 2. The second-order valence-corrected chi connectivity index (χ2v) is 11.6. The minimum absolute atomic E-state index is 0.672. The van der Waals surface area contributed by atoms with Gasteiger partial charge < -0.3 is 30.7 Å². The van der Waals surface area contributed by atoms with Crippen molar-refractivity contribution in [1.82, 2.24) is 20.6 Å². The van der Waals surface area contributed by atoms with Gasteiger partial charge in [-0.25, -0.2) is 9.97 Å². The minimum Gasteiger partial charge on any atom is -0.497 e. The number of hydrogen-bond acceptors (Lipinski definition) is 8. The summed E-state index contributed by atoms with van der Waals surface area (Å²) < 4.78 is 10.9. The molecule has 8 nitrogen and oxygen atoms in total. The third-order valence-electron chi connectivity index (χ3n) is 7.80. The molecule has 0 spiro atoms. The van der Waals surface area contributed by atoms with E-state index in [0.29, 0.717) is 10.0 Å². The summed E-state index contributed by atoms with van der Waals surface area (Å²) in [6.45, 7) is 5.05. The van der Waals surface area contributed by atoms with Crippen LogP contribution in [0.15, 0.2) is 72.8 Å². The summed E-state index contributed by atoms with van der Waals surface area (Å²) in [5, 5.41) is 19.8. The Morgan fingerprint density at radius 1 is 0.511 bits per heavy atom. The van der Waals surface area contributed by atoms with Gasteiger partial charge in [-0.2, -0.15) is 0 Å². The summed E-state index contributed by atoms with van der Waals surface area (Å²) in [6, 6.07) is 23.5. The molecule has 4 N–H and O–H groups in total. The Morgan fingerprint density at radius 2 is 0.978 bits per heavy atom. The molecule has 0 radical (unpaired) electrons. The summed E-state index contributed by atoms with van der Waals surface area (Å²) >= 11 is 12.5. The van der Waals surface area contributed by atoms with Gasteiger partial charge in [-0.15, -0.1) is 0 Å². The molecule has 2 aromatic heterocycles. The van der Waals surface area contributed by atoms with Gasteiger partial charge in [0.2, 0.25) is 0 Å². The summed E-state index contributed by atoms with van der Waals surface area (Å²) in [6.07, 6.45) is 1.02. The normalized spacial score (nSPS) is 11.5. The maximum Gasteiger partial charge on any atom is 0.119 e. The molecule has 0 atom stereocenters. The van der Waals surface area contributed by atoms with Crippen LogP contribution in [-0.2, 0) is 0 Å². The van der Waals surface area contributed by atoms with Crippen molar-refractivity contribution in [2.24, 2.45) is 0 Å². The van der Waals surface area contributed by atoms with E-state index >= 15 is 0 Å². The first-order valence-corrected chi connectivity index (χ1v) is 15.8. The van der Waals surface area contributed by atoms with Crippen LogP contribution in [-0.4, -0.2) is 63.5 Å². The number of hydrogen-bond donors (Lipinski definition) is 4. The highest BCUT2D eigenvalue weighted by Gasteiger charge is 2.12. The van der Waals surface area contributed by atoms with E-state index in [-0.39, 0.29) is 0 Å². The van der Waals surface area contributed by atoms with Crippen LogP contribution in [0.25, 0.3) is 43.6 Å². The number of benzene rings is 4. The van der Waals surface area contributed by atoms with Crippen LogP contribution < -0.4 is 30.7 Å². The molecule has 0 aliphatic carbocycles. The molecular weight excluding hydrogens is 607 g/mol. The van der Waals surface area contributed by atoms with E-state index in [9.17, 15) is 0 Å². The highest BCUT2D eigenvalue weighted by atomic mass is 35.5. The van der Waals surface area contributed by atoms with Gasteiger partial charge in [0.15, 0.2) is 0 Å². The molecule has 232 valence electrons. The quantitative estimate of drug-likeness (QED) is 0.0717. The number of aromatic nitrogens is 2. The molecule has 0 aliphatic rings. The fourth-order valence-electron chi connectivity index (χ4n) is 5.57. The maximum absolute atomic E-state index is 6.26. The van der Waals surface area contributed by atoms with E-state index < -0.39 is 0 Å². The van der Waals surface area contributed by atoms with Crippen molar-refractivity contribution in [3.8, 4) is 11.5 Å².